The lowest BCUT2D eigenvalue weighted by molar-refractivity contribution is 0.582. The summed E-state index contributed by atoms with van der Waals surface area (Å²) in [6.07, 6.45) is 0. The summed E-state index contributed by atoms with van der Waals surface area (Å²) in [6, 6.07) is 0. The zero-order valence-electron chi connectivity index (χ0n) is 7.93. The van der Waals surface area contributed by atoms with E-state index in [1.165, 1.54) is 0 Å². The number of hydrogen-bond acceptors (Lipinski definition) is 3. The number of hydrazone groups is 1. The Hall–Kier alpha value is -0.680. The minimum Gasteiger partial charge on any atom is -0.300 e. The van der Waals surface area contributed by atoms with Gasteiger partial charge in [0.1, 0.15) is 0 Å². The summed E-state index contributed by atoms with van der Waals surface area (Å²) in [5.41, 5.74) is 5.93. The predicted molar refractivity (Wildman–Crippen MR) is 55.6 cm³/mol. The molecule has 0 heterocycles. The minimum atomic E-state index is 0.0528. The van der Waals surface area contributed by atoms with Crippen LogP contribution in [-0.2, 0) is 0 Å². The maximum atomic E-state index is 5.04. The Balaban J connectivity index is 4.11. The van der Waals surface area contributed by atoms with Crippen molar-refractivity contribution in [3.05, 3.63) is 0 Å². The molecular weight excluding hydrogens is 172 g/mol. The fraction of sp³-hybridized carbons (Fsp3) is 0.714. The highest BCUT2D eigenvalue weighted by Gasteiger charge is 2.13. The summed E-state index contributed by atoms with van der Waals surface area (Å²) in [4.78, 5) is 0. The van der Waals surface area contributed by atoms with Gasteiger partial charge in [-0.3, -0.25) is 10.9 Å². The summed E-state index contributed by atoms with van der Waals surface area (Å²) in [5.74, 6) is 5.04. The molecule has 0 unspecified atom stereocenters. The molecule has 0 spiro atoms. The predicted octanol–water partition coefficient (Wildman–Crippen LogP) is 0.746. The SMILES string of the molecule is C/C(=N/NC(=S)NN)C(C)(C)C. The van der Waals surface area contributed by atoms with Gasteiger partial charge in [0.2, 0.25) is 5.11 Å². The van der Waals surface area contributed by atoms with E-state index in [4.69, 9.17) is 18.1 Å². The molecule has 0 aromatic carbocycles. The van der Waals surface area contributed by atoms with Gasteiger partial charge in [-0.1, -0.05) is 20.8 Å². The smallest absolute Gasteiger partial charge is 0.201 e. The summed E-state index contributed by atoms with van der Waals surface area (Å²) in [7, 11) is 0. The normalized spacial score (nSPS) is 12.6. The standard InChI is InChI=1S/C7H16N4S/c1-5(7(2,3)4)10-11-6(12)9-8/h8H2,1-4H3,(H2,9,11,12)/b10-5-. The van der Waals surface area contributed by atoms with Gasteiger partial charge < -0.3 is 0 Å². The molecular formula is C7H16N4S. The Morgan fingerprint density at radius 2 is 1.92 bits per heavy atom. The Morgan fingerprint density at radius 3 is 2.25 bits per heavy atom. The highest BCUT2D eigenvalue weighted by atomic mass is 32.1. The van der Waals surface area contributed by atoms with E-state index in [9.17, 15) is 0 Å². The van der Waals surface area contributed by atoms with Crippen LogP contribution in [0, 0.1) is 5.41 Å². The second-order valence-electron chi connectivity index (χ2n) is 3.53. The van der Waals surface area contributed by atoms with Crippen molar-refractivity contribution in [2.24, 2.45) is 16.4 Å². The van der Waals surface area contributed by atoms with Crippen LogP contribution in [0.3, 0.4) is 0 Å². The van der Waals surface area contributed by atoms with E-state index >= 15 is 0 Å². The van der Waals surface area contributed by atoms with E-state index in [2.05, 4.69) is 36.7 Å². The zero-order chi connectivity index (χ0) is 9.78. The van der Waals surface area contributed by atoms with Gasteiger partial charge in [-0.2, -0.15) is 5.10 Å². The van der Waals surface area contributed by atoms with Gasteiger partial charge in [0.15, 0.2) is 0 Å². The van der Waals surface area contributed by atoms with Gasteiger partial charge in [-0.25, -0.2) is 5.84 Å². The van der Waals surface area contributed by atoms with Crippen LogP contribution in [0.25, 0.3) is 0 Å². The Labute approximate surface area is 78.6 Å². The molecule has 0 aromatic rings. The number of rotatable bonds is 1. The van der Waals surface area contributed by atoms with E-state index in [-0.39, 0.29) is 5.41 Å². The molecule has 5 heteroatoms. The van der Waals surface area contributed by atoms with E-state index in [0.717, 1.165) is 5.71 Å². The fourth-order valence-corrected chi connectivity index (χ4v) is 0.380. The number of nitrogens with two attached hydrogens (primary N) is 1. The average molecular weight is 188 g/mol. The number of nitrogens with zero attached hydrogens (tertiary/aromatic N) is 1. The van der Waals surface area contributed by atoms with Crippen molar-refractivity contribution in [3.63, 3.8) is 0 Å². The molecule has 0 radical (unpaired) electrons. The molecule has 0 fully saturated rings. The van der Waals surface area contributed by atoms with Crippen LogP contribution < -0.4 is 16.7 Å². The Morgan fingerprint density at radius 1 is 1.42 bits per heavy atom. The Kier molecular flexibility index (Phi) is 4.12. The first-order valence-corrected chi connectivity index (χ1v) is 4.10. The van der Waals surface area contributed by atoms with Gasteiger partial charge >= 0.3 is 0 Å². The molecule has 0 saturated heterocycles. The third-order valence-corrected chi connectivity index (χ3v) is 1.75. The first-order chi connectivity index (χ1) is 5.38. The molecule has 0 bridgehead atoms. The number of nitrogens with one attached hydrogen (secondary N) is 2. The molecule has 70 valence electrons. The highest BCUT2D eigenvalue weighted by Crippen LogP contribution is 2.14. The zero-order valence-corrected chi connectivity index (χ0v) is 8.75. The molecule has 0 aliphatic heterocycles. The van der Waals surface area contributed by atoms with E-state index in [0.29, 0.717) is 5.11 Å². The number of thiocarbonyl (C=S) groups is 1. The van der Waals surface area contributed by atoms with Crippen molar-refractivity contribution in [3.8, 4) is 0 Å². The molecule has 0 aliphatic carbocycles. The number of hydrogen-bond donors (Lipinski definition) is 3. The van der Waals surface area contributed by atoms with Crippen molar-refractivity contribution >= 4 is 23.0 Å². The lowest BCUT2D eigenvalue weighted by Crippen LogP contribution is -2.38. The molecule has 0 saturated carbocycles. The largest absolute Gasteiger partial charge is 0.300 e. The summed E-state index contributed by atoms with van der Waals surface area (Å²) < 4.78 is 0. The monoisotopic (exact) mass is 188 g/mol. The summed E-state index contributed by atoms with van der Waals surface area (Å²) in [5, 5.41) is 4.37. The van der Waals surface area contributed by atoms with E-state index in [1.54, 1.807) is 0 Å². The van der Waals surface area contributed by atoms with Crippen molar-refractivity contribution in [2.75, 3.05) is 0 Å². The summed E-state index contributed by atoms with van der Waals surface area (Å²) >= 11 is 4.74. The van der Waals surface area contributed by atoms with Crippen LogP contribution in [0.4, 0.5) is 0 Å². The van der Waals surface area contributed by atoms with Crippen LogP contribution in [0.1, 0.15) is 27.7 Å². The van der Waals surface area contributed by atoms with Crippen molar-refractivity contribution in [1.82, 2.24) is 10.9 Å². The molecule has 4 nitrogen and oxygen atoms in total. The van der Waals surface area contributed by atoms with Crippen LogP contribution in [0.15, 0.2) is 5.10 Å². The van der Waals surface area contributed by atoms with E-state index < -0.39 is 0 Å². The van der Waals surface area contributed by atoms with Crippen LogP contribution in [-0.4, -0.2) is 10.8 Å². The lowest BCUT2D eigenvalue weighted by Gasteiger charge is -2.17. The average Bonchev–Trinajstić information content (AvgIpc) is 1.97. The van der Waals surface area contributed by atoms with Crippen molar-refractivity contribution in [2.45, 2.75) is 27.7 Å². The van der Waals surface area contributed by atoms with Gasteiger partial charge in [-0.15, -0.1) is 0 Å². The van der Waals surface area contributed by atoms with Crippen LogP contribution in [0.5, 0.6) is 0 Å². The number of hydrazine groups is 1. The highest BCUT2D eigenvalue weighted by molar-refractivity contribution is 7.80. The molecule has 0 amide bonds. The maximum Gasteiger partial charge on any atom is 0.201 e. The molecule has 0 aliphatic rings. The fourth-order valence-electron chi connectivity index (χ4n) is 0.335. The first kappa shape index (κ1) is 11.3. The summed E-state index contributed by atoms with van der Waals surface area (Å²) in [6.45, 7) is 8.16. The topological polar surface area (TPSA) is 62.4 Å². The maximum absolute atomic E-state index is 5.04. The van der Waals surface area contributed by atoms with Gasteiger partial charge in [0, 0.05) is 11.1 Å². The Bertz CT molecular complexity index is 192. The minimum absolute atomic E-state index is 0.0528. The van der Waals surface area contributed by atoms with Crippen molar-refractivity contribution < 1.29 is 0 Å². The lowest BCUT2D eigenvalue weighted by atomic mass is 9.91. The second kappa shape index (κ2) is 4.37. The van der Waals surface area contributed by atoms with Gasteiger partial charge in [0.25, 0.3) is 0 Å². The quantitative estimate of drug-likeness (QED) is 0.246. The molecule has 0 aromatic heterocycles. The molecule has 0 rings (SSSR count). The van der Waals surface area contributed by atoms with Gasteiger partial charge in [-0.05, 0) is 19.1 Å². The second-order valence-corrected chi connectivity index (χ2v) is 3.94. The molecule has 12 heavy (non-hydrogen) atoms. The molecule has 4 N–H and O–H groups in total. The molecule has 0 atom stereocenters. The van der Waals surface area contributed by atoms with Crippen LogP contribution in [0.2, 0.25) is 0 Å². The van der Waals surface area contributed by atoms with Crippen molar-refractivity contribution in [1.29, 1.82) is 0 Å². The third-order valence-electron chi connectivity index (χ3n) is 1.54. The first-order valence-electron chi connectivity index (χ1n) is 3.69. The van der Waals surface area contributed by atoms with Crippen LogP contribution >= 0.6 is 12.2 Å². The van der Waals surface area contributed by atoms with E-state index in [1.807, 2.05) is 6.92 Å². The third kappa shape index (κ3) is 4.25. The van der Waals surface area contributed by atoms with Gasteiger partial charge in [0.05, 0.1) is 0 Å².